The summed E-state index contributed by atoms with van der Waals surface area (Å²) < 4.78 is 46.1. The summed E-state index contributed by atoms with van der Waals surface area (Å²) in [6.45, 7) is 0.618. The number of guanidine groups is 1. The fourth-order valence-electron chi connectivity index (χ4n) is 4.07. The van der Waals surface area contributed by atoms with Gasteiger partial charge in [0.25, 0.3) is 0 Å². The van der Waals surface area contributed by atoms with Crippen molar-refractivity contribution in [2.45, 2.75) is 18.6 Å². The first kappa shape index (κ1) is 25.4. The molecule has 4 rings (SSSR count). The first-order chi connectivity index (χ1) is 17.3. The lowest BCUT2D eigenvalue weighted by molar-refractivity contribution is -0.137. The van der Waals surface area contributed by atoms with Gasteiger partial charge in [0.05, 0.1) is 11.6 Å². The zero-order valence-corrected chi connectivity index (χ0v) is 19.7. The molecular weight excluding hydrogens is 493 g/mol. The summed E-state index contributed by atoms with van der Waals surface area (Å²) in [6.07, 6.45) is -2.27. The number of aliphatic imine (C=N–C) groups is 1. The number of anilines is 1. The van der Waals surface area contributed by atoms with Crippen LogP contribution in [0.25, 0.3) is 0 Å². The molecule has 0 aliphatic carbocycles. The summed E-state index contributed by atoms with van der Waals surface area (Å²) in [4.78, 5) is 7.52. The van der Waals surface area contributed by atoms with E-state index in [2.05, 4.69) is 4.99 Å². The highest BCUT2D eigenvalue weighted by atomic mass is 35.5. The lowest BCUT2D eigenvalue weighted by atomic mass is 10.0. The molecule has 0 unspecified atom stereocenters. The average Bonchev–Trinajstić information content (AvgIpc) is 3.22. The van der Waals surface area contributed by atoms with Gasteiger partial charge in [-0.15, -0.1) is 4.99 Å². The summed E-state index contributed by atoms with van der Waals surface area (Å²) >= 11 is 5.91. The molecule has 10 heteroatoms. The molecule has 0 saturated carbocycles. The number of halogens is 4. The third-order valence-electron chi connectivity index (χ3n) is 5.70. The van der Waals surface area contributed by atoms with Gasteiger partial charge in [-0.3, -0.25) is 0 Å². The van der Waals surface area contributed by atoms with Gasteiger partial charge < -0.3 is 19.6 Å². The summed E-state index contributed by atoms with van der Waals surface area (Å²) in [6, 6.07) is 18.5. The van der Waals surface area contributed by atoms with Crippen LogP contribution in [0.4, 0.5) is 18.9 Å². The largest absolute Gasteiger partial charge is 0.457 e. The number of aliphatic hydroxyl groups is 1. The van der Waals surface area contributed by atoms with E-state index in [1.165, 1.54) is 6.07 Å². The van der Waals surface area contributed by atoms with Gasteiger partial charge in [0.2, 0.25) is 12.2 Å². The Bertz CT molecular complexity index is 1260. The molecule has 1 atom stereocenters. The zero-order chi connectivity index (χ0) is 25.7. The van der Waals surface area contributed by atoms with Gasteiger partial charge in [-0.2, -0.15) is 18.4 Å². The van der Waals surface area contributed by atoms with E-state index in [9.17, 15) is 23.5 Å². The quantitative estimate of drug-likeness (QED) is 0.378. The van der Waals surface area contributed by atoms with E-state index < -0.39 is 17.8 Å². The SMILES string of the molecule is N#CN=C1N(CCCO)C[C@H](c2cccc(C(F)(F)F)c2)N1c1ccc(Oc2ccc(Cl)cc2)cc1. The van der Waals surface area contributed by atoms with Crippen LogP contribution in [-0.2, 0) is 6.18 Å². The van der Waals surface area contributed by atoms with Crippen LogP contribution in [-0.4, -0.2) is 35.7 Å². The topological polar surface area (TPSA) is 72.1 Å². The average molecular weight is 515 g/mol. The summed E-state index contributed by atoms with van der Waals surface area (Å²) in [7, 11) is 0. The predicted octanol–water partition coefficient (Wildman–Crippen LogP) is 6.23. The highest BCUT2D eigenvalue weighted by Gasteiger charge is 2.39. The fraction of sp³-hybridized carbons (Fsp3) is 0.231. The van der Waals surface area contributed by atoms with Crippen molar-refractivity contribution in [2.24, 2.45) is 4.99 Å². The molecule has 1 fully saturated rings. The Morgan fingerprint density at radius 1 is 1.06 bits per heavy atom. The second kappa shape index (κ2) is 10.9. The number of benzene rings is 3. The highest BCUT2D eigenvalue weighted by molar-refractivity contribution is 6.30. The van der Waals surface area contributed by atoms with E-state index in [0.29, 0.717) is 53.2 Å². The predicted molar refractivity (Wildman–Crippen MR) is 131 cm³/mol. The Labute approximate surface area is 211 Å². The number of aliphatic hydroxyl groups excluding tert-OH is 1. The van der Waals surface area contributed by atoms with Gasteiger partial charge in [0, 0.05) is 30.4 Å². The Balaban J connectivity index is 1.70. The molecule has 186 valence electrons. The standard InChI is InChI=1S/C26H22ClF3N4O2/c27-20-5-9-22(10-6-20)36-23-11-7-21(8-12-23)34-24(16-33(13-2-14-35)25(34)32-17-31)18-3-1-4-19(15-18)26(28,29)30/h1,3-12,15,24,35H,2,13-14,16H2/t24-/m1/s1. The van der Waals surface area contributed by atoms with Crippen LogP contribution in [0.2, 0.25) is 5.02 Å². The van der Waals surface area contributed by atoms with Crippen LogP contribution in [0.3, 0.4) is 0 Å². The normalized spacial score (nSPS) is 16.9. The molecule has 0 amide bonds. The molecule has 3 aromatic rings. The number of alkyl halides is 3. The molecular formula is C26H22ClF3N4O2. The fourth-order valence-corrected chi connectivity index (χ4v) is 4.20. The van der Waals surface area contributed by atoms with Crippen LogP contribution in [0.15, 0.2) is 77.8 Å². The Morgan fingerprint density at radius 2 is 1.72 bits per heavy atom. The van der Waals surface area contributed by atoms with E-state index in [0.717, 1.165) is 12.1 Å². The molecule has 0 aromatic heterocycles. The van der Waals surface area contributed by atoms with Crippen molar-refractivity contribution >= 4 is 23.2 Å². The van der Waals surface area contributed by atoms with Gasteiger partial charge >= 0.3 is 6.18 Å². The van der Waals surface area contributed by atoms with Crippen molar-refractivity contribution in [3.63, 3.8) is 0 Å². The minimum atomic E-state index is -4.49. The van der Waals surface area contributed by atoms with Crippen molar-refractivity contribution in [3.05, 3.63) is 88.9 Å². The number of nitriles is 1. The van der Waals surface area contributed by atoms with E-state index >= 15 is 0 Å². The van der Waals surface area contributed by atoms with Crippen LogP contribution in [0.5, 0.6) is 11.5 Å². The third kappa shape index (κ3) is 5.73. The number of nitrogens with zero attached hydrogens (tertiary/aromatic N) is 4. The van der Waals surface area contributed by atoms with E-state index in [1.54, 1.807) is 70.6 Å². The molecule has 1 aliphatic heterocycles. The molecule has 36 heavy (non-hydrogen) atoms. The molecule has 3 aromatic carbocycles. The van der Waals surface area contributed by atoms with Crippen LogP contribution in [0.1, 0.15) is 23.6 Å². The second-order valence-electron chi connectivity index (χ2n) is 8.09. The highest BCUT2D eigenvalue weighted by Crippen LogP contribution is 2.38. The number of rotatable bonds is 7. The van der Waals surface area contributed by atoms with E-state index in [1.807, 2.05) is 0 Å². The minimum absolute atomic E-state index is 0.0682. The summed E-state index contributed by atoms with van der Waals surface area (Å²) in [5, 5.41) is 19.2. The summed E-state index contributed by atoms with van der Waals surface area (Å²) in [5.41, 5.74) is 0.309. The van der Waals surface area contributed by atoms with Crippen molar-refractivity contribution in [3.8, 4) is 17.7 Å². The first-order valence-corrected chi connectivity index (χ1v) is 11.5. The minimum Gasteiger partial charge on any atom is -0.457 e. The zero-order valence-electron chi connectivity index (χ0n) is 19.0. The lowest BCUT2D eigenvalue weighted by Gasteiger charge is -2.26. The Kier molecular flexibility index (Phi) is 7.67. The maximum atomic E-state index is 13.4. The van der Waals surface area contributed by atoms with Gasteiger partial charge in [0.15, 0.2) is 0 Å². The Morgan fingerprint density at radius 3 is 2.33 bits per heavy atom. The van der Waals surface area contributed by atoms with Crippen molar-refractivity contribution in [1.29, 1.82) is 5.26 Å². The van der Waals surface area contributed by atoms with Gasteiger partial charge in [0.1, 0.15) is 11.5 Å². The smallest absolute Gasteiger partial charge is 0.416 e. The van der Waals surface area contributed by atoms with Crippen LogP contribution >= 0.6 is 11.6 Å². The maximum Gasteiger partial charge on any atom is 0.416 e. The van der Waals surface area contributed by atoms with E-state index in [-0.39, 0.29) is 6.61 Å². The Hall–Kier alpha value is -3.74. The molecule has 1 aliphatic rings. The van der Waals surface area contributed by atoms with Gasteiger partial charge in [-0.1, -0.05) is 23.7 Å². The van der Waals surface area contributed by atoms with Crippen molar-refractivity contribution in [1.82, 2.24) is 4.90 Å². The first-order valence-electron chi connectivity index (χ1n) is 11.1. The molecule has 1 saturated heterocycles. The summed E-state index contributed by atoms with van der Waals surface area (Å²) in [5.74, 6) is 1.45. The lowest BCUT2D eigenvalue weighted by Crippen LogP contribution is -2.35. The number of hydrogen-bond acceptors (Lipinski definition) is 4. The third-order valence-corrected chi connectivity index (χ3v) is 5.95. The van der Waals surface area contributed by atoms with Crippen molar-refractivity contribution < 1.29 is 23.0 Å². The molecule has 1 N–H and O–H groups in total. The maximum absolute atomic E-state index is 13.4. The van der Waals surface area contributed by atoms with Crippen molar-refractivity contribution in [2.75, 3.05) is 24.6 Å². The van der Waals surface area contributed by atoms with E-state index in [4.69, 9.17) is 16.3 Å². The monoisotopic (exact) mass is 514 g/mol. The number of ether oxygens (including phenoxy) is 1. The van der Waals surface area contributed by atoms with Gasteiger partial charge in [-0.05, 0) is 72.6 Å². The van der Waals surface area contributed by atoms with Gasteiger partial charge in [-0.25, -0.2) is 0 Å². The molecule has 0 bridgehead atoms. The van der Waals surface area contributed by atoms with Crippen LogP contribution in [0, 0.1) is 11.5 Å². The second-order valence-corrected chi connectivity index (χ2v) is 8.53. The number of hydrogen-bond donors (Lipinski definition) is 1. The molecule has 0 radical (unpaired) electrons. The van der Waals surface area contributed by atoms with Crippen LogP contribution < -0.4 is 9.64 Å². The molecule has 0 spiro atoms. The molecule has 1 heterocycles. The molecule has 6 nitrogen and oxygen atoms in total.